The van der Waals surface area contributed by atoms with E-state index in [9.17, 15) is 14.4 Å². The van der Waals surface area contributed by atoms with Gasteiger partial charge in [0, 0.05) is 38.2 Å². The predicted molar refractivity (Wildman–Crippen MR) is 117 cm³/mol. The topological polar surface area (TPSA) is 87.7 Å². The van der Waals surface area contributed by atoms with Crippen LogP contribution in [0.25, 0.3) is 0 Å². The summed E-state index contributed by atoms with van der Waals surface area (Å²) in [6.45, 7) is 2.55. The fourth-order valence-corrected chi connectivity index (χ4v) is 3.94. The molecule has 31 heavy (non-hydrogen) atoms. The molecular formula is C24H27N3O4. The summed E-state index contributed by atoms with van der Waals surface area (Å²) in [5.41, 5.74) is 2.36. The molecule has 2 fully saturated rings. The van der Waals surface area contributed by atoms with Crippen LogP contribution in [0.1, 0.15) is 52.0 Å². The molecule has 0 aliphatic carbocycles. The van der Waals surface area contributed by atoms with Crippen molar-refractivity contribution in [1.82, 2.24) is 10.2 Å². The normalized spacial score (nSPS) is 18.3. The molecular weight excluding hydrogens is 394 g/mol. The Balaban J connectivity index is 1.37. The van der Waals surface area contributed by atoms with E-state index in [1.165, 1.54) is 0 Å². The van der Waals surface area contributed by atoms with Crippen LogP contribution in [-0.2, 0) is 16.1 Å². The predicted octanol–water partition coefficient (Wildman–Crippen LogP) is 2.97. The number of hydrogen-bond donors (Lipinski definition) is 2. The maximum absolute atomic E-state index is 12.7. The zero-order valence-corrected chi connectivity index (χ0v) is 17.4. The number of ether oxygens (including phenoxy) is 1. The molecule has 2 aromatic rings. The highest BCUT2D eigenvalue weighted by molar-refractivity contribution is 6.09. The quantitative estimate of drug-likeness (QED) is 0.720. The van der Waals surface area contributed by atoms with E-state index in [1.807, 2.05) is 17.0 Å². The summed E-state index contributed by atoms with van der Waals surface area (Å²) in [5.74, 6) is -0.351. The molecule has 7 nitrogen and oxygen atoms in total. The van der Waals surface area contributed by atoms with E-state index >= 15 is 0 Å². The van der Waals surface area contributed by atoms with Crippen LogP contribution >= 0.6 is 0 Å². The standard InChI is InChI=1S/C24H27N3O4/c28-22-8-3-13-27(22)16-17-9-11-18(12-10-17)23(29)26-21-7-2-1-6-20(21)24(30)25-15-19-5-4-14-31-19/h1-2,6-7,9-12,19H,3-5,8,13-16H2,(H,25,30)(H,26,29). The van der Waals surface area contributed by atoms with E-state index < -0.39 is 0 Å². The number of anilines is 1. The molecule has 2 heterocycles. The maximum Gasteiger partial charge on any atom is 0.255 e. The second-order valence-corrected chi connectivity index (χ2v) is 7.96. The molecule has 2 aromatic carbocycles. The van der Waals surface area contributed by atoms with Gasteiger partial charge in [-0.25, -0.2) is 0 Å². The molecule has 3 amide bonds. The fraction of sp³-hybridized carbons (Fsp3) is 0.375. The lowest BCUT2D eigenvalue weighted by Crippen LogP contribution is -2.32. The maximum atomic E-state index is 12.7. The number of carbonyl (C=O) groups excluding carboxylic acids is 3. The van der Waals surface area contributed by atoms with E-state index in [0.29, 0.717) is 36.3 Å². The van der Waals surface area contributed by atoms with E-state index in [1.54, 1.807) is 36.4 Å². The molecule has 1 unspecified atom stereocenters. The molecule has 2 aliphatic rings. The number of likely N-dealkylation sites (tertiary alicyclic amines) is 1. The van der Waals surface area contributed by atoms with Crippen molar-refractivity contribution in [3.8, 4) is 0 Å². The number of rotatable bonds is 7. The minimum absolute atomic E-state index is 0.0556. The first-order valence-corrected chi connectivity index (χ1v) is 10.8. The first kappa shape index (κ1) is 21.1. The minimum atomic E-state index is -0.289. The Morgan fingerprint density at radius 2 is 1.84 bits per heavy atom. The molecule has 0 spiro atoms. The molecule has 0 bridgehead atoms. The van der Waals surface area contributed by atoms with Crippen molar-refractivity contribution in [2.75, 3.05) is 25.0 Å². The van der Waals surface area contributed by atoms with Gasteiger partial charge in [-0.15, -0.1) is 0 Å². The van der Waals surface area contributed by atoms with Gasteiger partial charge in [-0.05, 0) is 49.1 Å². The zero-order chi connectivity index (χ0) is 21.6. The Labute approximate surface area is 181 Å². The summed E-state index contributed by atoms with van der Waals surface area (Å²) in [4.78, 5) is 39.0. The van der Waals surface area contributed by atoms with Crippen LogP contribution in [0.3, 0.4) is 0 Å². The first-order chi connectivity index (χ1) is 15.1. The number of amides is 3. The van der Waals surface area contributed by atoms with Gasteiger partial charge in [0.05, 0.1) is 17.4 Å². The van der Waals surface area contributed by atoms with Gasteiger partial charge in [-0.1, -0.05) is 24.3 Å². The SMILES string of the molecule is O=C(Nc1ccccc1C(=O)NCC1CCCO1)c1ccc(CN2CCCC2=O)cc1. The number of nitrogens with zero attached hydrogens (tertiary/aromatic N) is 1. The van der Waals surface area contributed by atoms with Crippen LogP contribution in [0.5, 0.6) is 0 Å². The molecule has 0 radical (unpaired) electrons. The zero-order valence-electron chi connectivity index (χ0n) is 17.4. The highest BCUT2D eigenvalue weighted by atomic mass is 16.5. The summed E-state index contributed by atoms with van der Waals surface area (Å²) in [6, 6.07) is 14.2. The number of nitrogens with one attached hydrogen (secondary N) is 2. The lowest BCUT2D eigenvalue weighted by atomic mass is 10.1. The summed E-state index contributed by atoms with van der Waals surface area (Å²) >= 11 is 0. The number of para-hydroxylation sites is 1. The van der Waals surface area contributed by atoms with Crippen molar-refractivity contribution in [2.45, 2.75) is 38.3 Å². The molecule has 4 rings (SSSR count). The molecule has 0 aromatic heterocycles. The Morgan fingerprint density at radius 1 is 1.03 bits per heavy atom. The number of benzene rings is 2. The third-order valence-electron chi connectivity index (χ3n) is 5.70. The average molecular weight is 421 g/mol. The number of carbonyl (C=O) groups is 3. The van der Waals surface area contributed by atoms with Crippen molar-refractivity contribution in [3.05, 3.63) is 65.2 Å². The van der Waals surface area contributed by atoms with Crippen LogP contribution in [0.15, 0.2) is 48.5 Å². The van der Waals surface area contributed by atoms with Gasteiger partial charge in [-0.3, -0.25) is 14.4 Å². The van der Waals surface area contributed by atoms with E-state index in [4.69, 9.17) is 4.74 Å². The van der Waals surface area contributed by atoms with E-state index in [0.717, 1.165) is 38.0 Å². The van der Waals surface area contributed by atoms with Gasteiger partial charge in [0.1, 0.15) is 0 Å². The largest absolute Gasteiger partial charge is 0.376 e. The summed E-state index contributed by atoms with van der Waals surface area (Å²) in [6.07, 6.45) is 3.53. The minimum Gasteiger partial charge on any atom is -0.376 e. The Kier molecular flexibility index (Phi) is 6.62. The lowest BCUT2D eigenvalue weighted by Gasteiger charge is -2.16. The van der Waals surface area contributed by atoms with Gasteiger partial charge in [0.15, 0.2) is 0 Å². The Morgan fingerprint density at radius 3 is 2.55 bits per heavy atom. The third-order valence-corrected chi connectivity index (χ3v) is 5.70. The summed E-state index contributed by atoms with van der Waals surface area (Å²) < 4.78 is 5.54. The van der Waals surface area contributed by atoms with Crippen molar-refractivity contribution >= 4 is 23.4 Å². The van der Waals surface area contributed by atoms with Gasteiger partial charge in [0.2, 0.25) is 5.91 Å². The molecule has 2 aliphatic heterocycles. The van der Waals surface area contributed by atoms with E-state index in [-0.39, 0.29) is 23.8 Å². The second kappa shape index (κ2) is 9.75. The highest BCUT2D eigenvalue weighted by Crippen LogP contribution is 2.18. The van der Waals surface area contributed by atoms with Gasteiger partial charge < -0.3 is 20.3 Å². The number of hydrogen-bond acceptors (Lipinski definition) is 4. The van der Waals surface area contributed by atoms with Crippen LogP contribution in [-0.4, -0.2) is 48.4 Å². The molecule has 162 valence electrons. The van der Waals surface area contributed by atoms with E-state index in [2.05, 4.69) is 10.6 Å². The van der Waals surface area contributed by atoms with Crippen LogP contribution < -0.4 is 10.6 Å². The lowest BCUT2D eigenvalue weighted by molar-refractivity contribution is -0.128. The second-order valence-electron chi connectivity index (χ2n) is 7.96. The molecule has 2 saturated heterocycles. The molecule has 7 heteroatoms. The van der Waals surface area contributed by atoms with Crippen LogP contribution in [0.4, 0.5) is 5.69 Å². The Hall–Kier alpha value is -3.19. The monoisotopic (exact) mass is 421 g/mol. The summed E-state index contributed by atoms with van der Waals surface area (Å²) in [5, 5.41) is 5.73. The molecule has 1 atom stereocenters. The Bertz CT molecular complexity index is 952. The van der Waals surface area contributed by atoms with Gasteiger partial charge in [0.25, 0.3) is 11.8 Å². The van der Waals surface area contributed by atoms with Crippen molar-refractivity contribution in [3.63, 3.8) is 0 Å². The van der Waals surface area contributed by atoms with Crippen molar-refractivity contribution in [2.24, 2.45) is 0 Å². The highest BCUT2D eigenvalue weighted by Gasteiger charge is 2.21. The average Bonchev–Trinajstić information content (AvgIpc) is 3.45. The molecule has 2 N–H and O–H groups in total. The molecule has 0 saturated carbocycles. The van der Waals surface area contributed by atoms with Crippen LogP contribution in [0.2, 0.25) is 0 Å². The fourth-order valence-electron chi connectivity index (χ4n) is 3.94. The first-order valence-electron chi connectivity index (χ1n) is 10.8. The van der Waals surface area contributed by atoms with Gasteiger partial charge >= 0.3 is 0 Å². The van der Waals surface area contributed by atoms with Gasteiger partial charge in [-0.2, -0.15) is 0 Å². The van der Waals surface area contributed by atoms with Crippen LogP contribution in [0, 0.1) is 0 Å². The van der Waals surface area contributed by atoms with Crippen molar-refractivity contribution < 1.29 is 19.1 Å². The van der Waals surface area contributed by atoms with Crippen molar-refractivity contribution in [1.29, 1.82) is 0 Å². The third kappa shape index (κ3) is 5.30. The summed E-state index contributed by atoms with van der Waals surface area (Å²) in [7, 11) is 0. The smallest absolute Gasteiger partial charge is 0.255 e.